The van der Waals surface area contributed by atoms with Crippen LogP contribution in [0.2, 0.25) is 0 Å². The molecule has 0 aliphatic carbocycles. The first-order valence-corrected chi connectivity index (χ1v) is 4.39. The normalized spacial score (nSPS) is 29.9. The summed E-state index contributed by atoms with van der Waals surface area (Å²) in [7, 11) is 0. The zero-order chi connectivity index (χ0) is 9.84. The Morgan fingerprint density at radius 2 is 2.08 bits per heavy atom. The van der Waals surface area contributed by atoms with Gasteiger partial charge in [0, 0.05) is 13.1 Å². The van der Waals surface area contributed by atoms with Crippen molar-refractivity contribution < 1.29 is 4.74 Å². The van der Waals surface area contributed by atoms with Crippen molar-refractivity contribution in [2.24, 2.45) is 5.73 Å². The average Bonchev–Trinajstić information content (AvgIpc) is 2.03. The lowest BCUT2D eigenvalue weighted by Gasteiger charge is -2.36. The van der Waals surface area contributed by atoms with Gasteiger partial charge in [0.25, 0.3) is 0 Å². The minimum Gasteiger partial charge on any atom is -0.385 e. The molecular weight excluding hydrogens is 166 g/mol. The van der Waals surface area contributed by atoms with E-state index in [1.165, 1.54) is 6.08 Å². The van der Waals surface area contributed by atoms with Crippen LogP contribution in [-0.4, -0.2) is 30.2 Å². The summed E-state index contributed by atoms with van der Waals surface area (Å²) in [4.78, 5) is 1.97. The van der Waals surface area contributed by atoms with E-state index >= 15 is 0 Å². The van der Waals surface area contributed by atoms with E-state index in [-0.39, 0.29) is 12.2 Å². The van der Waals surface area contributed by atoms with Crippen LogP contribution in [0.5, 0.6) is 0 Å². The molecule has 2 unspecified atom stereocenters. The first-order chi connectivity index (χ1) is 6.13. The molecule has 0 aromatic rings. The zero-order valence-electron chi connectivity index (χ0n) is 8.03. The van der Waals surface area contributed by atoms with Gasteiger partial charge < -0.3 is 15.4 Å². The van der Waals surface area contributed by atoms with Gasteiger partial charge in [-0.2, -0.15) is 5.26 Å². The van der Waals surface area contributed by atoms with Gasteiger partial charge in [0.15, 0.2) is 0 Å². The molecule has 4 nitrogen and oxygen atoms in total. The summed E-state index contributed by atoms with van der Waals surface area (Å²) < 4.78 is 5.54. The lowest BCUT2D eigenvalue weighted by Crippen LogP contribution is -2.46. The first kappa shape index (κ1) is 9.87. The van der Waals surface area contributed by atoms with Gasteiger partial charge in [-0.15, -0.1) is 0 Å². The highest BCUT2D eigenvalue weighted by atomic mass is 16.5. The molecule has 1 aliphatic rings. The van der Waals surface area contributed by atoms with Crippen LogP contribution in [0.15, 0.2) is 11.9 Å². The summed E-state index contributed by atoms with van der Waals surface area (Å²) in [5, 5.41) is 8.43. The predicted octanol–water partition coefficient (Wildman–Crippen LogP) is 0.419. The molecule has 0 bridgehead atoms. The number of ether oxygens (including phenoxy) is 1. The topological polar surface area (TPSA) is 62.3 Å². The molecule has 1 saturated heterocycles. The molecule has 0 aromatic carbocycles. The second kappa shape index (κ2) is 4.15. The summed E-state index contributed by atoms with van der Waals surface area (Å²) in [5.74, 6) is 0.532. The van der Waals surface area contributed by atoms with E-state index in [4.69, 9.17) is 15.7 Å². The zero-order valence-corrected chi connectivity index (χ0v) is 8.03. The number of hydrogen-bond donors (Lipinski definition) is 1. The van der Waals surface area contributed by atoms with Crippen LogP contribution in [0.25, 0.3) is 0 Å². The minimum atomic E-state index is 0.175. The fourth-order valence-electron chi connectivity index (χ4n) is 1.55. The van der Waals surface area contributed by atoms with E-state index in [0.29, 0.717) is 5.82 Å². The van der Waals surface area contributed by atoms with Crippen LogP contribution >= 0.6 is 0 Å². The SMILES string of the molecule is CC1CN(/C(N)=C/C#N)CC(C)O1. The predicted molar refractivity (Wildman–Crippen MR) is 49.5 cm³/mol. The molecule has 0 radical (unpaired) electrons. The van der Waals surface area contributed by atoms with Crippen LogP contribution in [0, 0.1) is 11.3 Å². The summed E-state index contributed by atoms with van der Waals surface area (Å²) in [6.07, 6.45) is 1.72. The largest absolute Gasteiger partial charge is 0.385 e. The molecule has 1 fully saturated rings. The molecule has 13 heavy (non-hydrogen) atoms. The number of nitrogens with zero attached hydrogens (tertiary/aromatic N) is 2. The number of morpholine rings is 1. The summed E-state index contributed by atoms with van der Waals surface area (Å²) in [6.45, 7) is 5.52. The van der Waals surface area contributed by atoms with Gasteiger partial charge in [0.1, 0.15) is 5.82 Å². The fourth-order valence-corrected chi connectivity index (χ4v) is 1.55. The van der Waals surface area contributed by atoms with E-state index in [1.54, 1.807) is 0 Å². The number of rotatable bonds is 1. The molecule has 0 aromatic heterocycles. The number of nitrogens with two attached hydrogens (primary N) is 1. The standard InChI is InChI=1S/C9H15N3O/c1-7-5-12(6-8(2)13-7)9(11)3-4-10/h3,7-8H,5-6,11H2,1-2H3/b9-3+. The van der Waals surface area contributed by atoms with Crippen molar-refractivity contribution >= 4 is 0 Å². The lowest BCUT2D eigenvalue weighted by atomic mass is 10.2. The Bertz CT molecular complexity index is 234. The molecule has 0 spiro atoms. The number of hydrogen-bond acceptors (Lipinski definition) is 4. The molecule has 0 amide bonds. The van der Waals surface area contributed by atoms with Crippen molar-refractivity contribution in [3.63, 3.8) is 0 Å². The Morgan fingerprint density at radius 1 is 1.54 bits per heavy atom. The third-order valence-corrected chi connectivity index (χ3v) is 2.00. The van der Waals surface area contributed by atoms with Crippen LogP contribution < -0.4 is 5.73 Å². The average molecular weight is 181 g/mol. The van der Waals surface area contributed by atoms with E-state index in [1.807, 2.05) is 24.8 Å². The monoisotopic (exact) mass is 181 g/mol. The van der Waals surface area contributed by atoms with Crippen molar-refractivity contribution in [1.29, 1.82) is 5.26 Å². The molecule has 2 atom stereocenters. The summed E-state index contributed by atoms with van der Waals surface area (Å²) >= 11 is 0. The molecule has 1 heterocycles. The van der Waals surface area contributed by atoms with Gasteiger partial charge in [0.05, 0.1) is 24.4 Å². The molecule has 1 aliphatic heterocycles. The van der Waals surface area contributed by atoms with E-state index in [9.17, 15) is 0 Å². The van der Waals surface area contributed by atoms with Gasteiger partial charge in [-0.3, -0.25) is 0 Å². The first-order valence-electron chi connectivity index (χ1n) is 4.39. The third kappa shape index (κ3) is 2.63. The van der Waals surface area contributed by atoms with Crippen molar-refractivity contribution in [2.75, 3.05) is 13.1 Å². The number of nitriles is 1. The van der Waals surface area contributed by atoms with Crippen molar-refractivity contribution in [3.05, 3.63) is 11.9 Å². The highest BCUT2D eigenvalue weighted by molar-refractivity contribution is 5.10. The minimum absolute atomic E-state index is 0.175. The number of allylic oxidation sites excluding steroid dienone is 1. The van der Waals surface area contributed by atoms with Crippen LogP contribution in [0.3, 0.4) is 0 Å². The Kier molecular flexibility index (Phi) is 3.15. The second-order valence-electron chi connectivity index (χ2n) is 3.36. The van der Waals surface area contributed by atoms with Crippen molar-refractivity contribution in [1.82, 2.24) is 4.90 Å². The Hall–Kier alpha value is -1.21. The maximum Gasteiger partial charge on any atom is 0.110 e. The maximum atomic E-state index is 8.43. The van der Waals surface area contributed by atoms with Crippen LogP contribution in [0.4, 0.5) is 0 Å². The molecule has 4 heteroatoms. The van der Waals surface area contributed by atoms with E-state index in [0.717, 1.165) is 13.1 Å². The summed E-state index contributed by atoms with van der Waals surface area (Å²) in [5.41, 5.74) is 5.69. The fraction of sp³-hybridized carbons (Fsp3) is 0.667. The van der Waals surface area contributed by atoms with Crippen LogP contribution in [-0.2, 0) is 4.74 Å². The maximum absolute atomic E-state index is 8.43. The Morgan fingerprint density at radius 3 is 2.54 bits per heavy atom. The van der Waals surface area contributed by atoms with Crippen LogP contribution in [0.1, 0.15) is 13.8 Å². The van der Waals surface area contributed by atoms with E-state index < -0.39 is 0 Å². The Labute approximate surface area is 78.6 Å². The van der Waals surface area contributed by atoms with Gasteiger partial charge >= 0.3 is 0 Å². The van der Waals surface area contributed by atoms with Gasteiger partial charge in [-0.25, -0.2) is 0 Å². The Balaban J connectivity index is 2.61. The highest BCUT2D eigenvalue weighted by Gasteiger charge is 2.22. The molecule has 2 N–H and O–H groups in total. The molecule has 0 saturated carbocycles. The summed E-state index contributed by atoms with van der Waals surface area (Å²) in [6, 6.07) is 1.92. The van der Waals surface area contributed by atoms with Crippen molar-refractivity contribution in [3.8, 4) is 6.07 Å². The highest BCUT2D eigenvalue weighted by Crippen LogP contribution is 2.12. The van der Waals surface area contributed by atoms with Gasteiger partial charge in [-0.05, 0) is 13.8 Å². The molecule has 72 valence electrons. The van der Waals surface area contributed by atoms with Gasteiger partial charge in [-0.1, -0.05) is 0 Å². The van der Waals surface area contributed by atoms with Gasteiger partial charge in [0.2, 0.25) is 0 Å². The lowest BCUT2D eigenvalue weighted by molar-refractivity contribution is -0.0581. The van der Waals surface area contributed by atoms with Crippen molar-refractivity contribution in [2.45, 2.75) is 26.1 Å². The molecule has 1 rings (SSSR count). The molecular formula is C9H15N3O. The van der Waals surface area contributed by atoms with E-state index in [2.05, 4.69) is 0 Å². The second-order valence-corrected chi connectivity index (χ2v) is 3.36. The third-order valence-electron chi connectivity index (χ3n) is 2.00. The quantitative estimate of drug-likeness (QED) is 0.595. The smallest absolute Gasteiger partial charge is 0.110 e.